The van der Waals surface area contributed by atoms with Crippen LogP contribution < -0.4 is 5.32 Å². The van der Waals surface area contributed by atoms with Gasteiger partial charge in [0.25, 0.3) is 0 Å². The van der Waals surface area contributed by atoms with Crippen molar-refractivity contribution in [1.82, 2.24) is 0 Å². The summed E-state index contributed by atoms with van der Waals surface area (Å²) in [6.07, 6.45) is 0.895. The fourth-order valence-corrected chi connectivity index (χ4v) is 1.76. The highest BCUT2D eigenvalue weighted by Gasteiger charge is 1.96. The largest absolute Gasteiger partial charge is 0.385 e. The number of nitriles is 2. The maximum atomic E-state index is 8.71. The van der Waals surface area contributed by atoms with Crippen LogP contribution >= 0.6 is 0 Å². The molecule has 0 amide bonds. The maximum absolute atomic E-state index is 8.71. The summed E-state index contributed by atoms with van der Waals surface area (Å²) in [7, 11) is 0. The minimum Gasteiger partial charge on any atom is -0.385 e. The Morgan fingerprint density at radius 1 is 0.789 bits per heavy atom. The van der Waals surface area contributed by atoms with Crippen molar-refractivity contribution in [2.75, 3.05) is 11.9 Å². The number of benzene rings is 2. The number of nitrogens with zero attached hydrogens (tertiary/aromatic N) is 2. The number of anilines is 1. The van der Waals surface area contributed by atoms with E-state index in [1.165, 1.54) is 5.56 Å². The van der Waals surface area contributed by atoms with E-state index in [-0.39, 0.29) is 0 Å². The number of rotatable bonds is 4. The van der Waals surface area contributed by atoms with Crippen LogP contribution in [0.2, 0.25) is 0 Å². The molecule has 92 valence electrons. The van der Waals surface area contributed by atoms with E-state index in [2.05, 4.69) is 17.5 Å². The van der Waals surface area contributed by atoms with Crippen molar-refractivity contribution in [2.24, 2.45) is 0 Å². The summed E-state index contributed by atoms with van der Waals surface area (Å²) in [6.45, 7) is 0.817. The molecule has 2 aromatic carbocycles. The van der Waals surface area contributed by atoms with E-state index in [1.807, 2.05) is 36.4 Å². The Bertz CT molecular complexity index is 556. The van der Waals surface area contributed by atoms with Gasteiger partial charge < -0.3 is 5.32 Å². The van der Waals surface area contributed by atoms with E-state index in [4.69, 9.17) is 10.5 Å². The average Bonchev–Trinajstić information content (AvgIpc) is 2.49. The number of hydrogen-bond donors (Lipinski definition) is 1. The summed E-state index contributed by atoms with van der Waals surface area (Å²) in [5.74, 6) is 0. The first kappa shape index (κ1) is 12.7. The number of nitrogens with one attached hydrogen (secondary N) is 1. The van der Waals surface area contributed by atoms with Crippen molar-refractivity contribution in [3.05, 3.63) is 65.2 Å². The monoisotopic (exact) mass is 247 g/mol. The Morgan fingerprint density at radius 2 is 1.32 bits per heavy atom. The molecule has 0 heterocycles. The van der Waals surface area contributed by atoms with Gasteiger partial charge in [-0.25, -0.2) is 0 Å². The van der Waals surface area contributed by atoms with Gasteiger partial charge >= 0.3 is 0 Å². The van der Waals surface area contributed by atoms with Crippen molar-refractivity contribution in [3.63, 3.8) is 0 Å². The van der Waals surface area contributed by atoms with Gasteiger partial charge in [-0.3, -0.25) is 0 Å². The normalized spacial score (nSPS) is 9.37. The van der Waals surface area contributed by atoms with Crippen molar-refractivity contribution in [1.29, 1.82) is 10.5 Å². The van der Waals surface area contributed by atoms with Crippen LogP contribution in [0.1, 0.15) is 16.7 Å². The van der Waals surface area contributed by atoms with Crippen LogP contribution in [0.3, 0.4) is 0 Å². The fourth-order valence-electron chi connectivity index (χ4n) is 1.76. The van der Waals surface area contributed by atoms with E-state index < -0.39 is 0 Å². The molecule has 19 heavy (non-hydrogen) atoms. The van der Waals surface area contributed by atoms with Gasteiger partial charge in [-0.05, 0) is 48.4 Å². The summed E-state index contributed by atoms with van der Waals surface area (Å²) >= 11 is 0. The third kappa shape index (κ3) is 3.59. The lowest BCUT2D eigenvalue weighted by Gasteiger charge is -2.06. The van der Waals surface area contributed by atoms with Gasteiger partial charge in [0.1, 0.15) is 0 Å². The molecule has 0 bridgehead atoms. The Morgan fingerprint density at radius 3 is 1.84 bits per heavy atom. The zero-order valence-electron chi connectivity index (χ0n) is 10.4. The van der Waals surface area contributed by atoms with E-state index in [9.17, 15) is 0 Å². The quantitative estimate of drug-likeness (QED) is 0.903. The summed E-state index contributed by atoms with van der Waals surface area (Å²) < 4.78 is 0. The van der Waals surface area contributed by atoms with Crippen LogP contribution in [0.25, 0.3) is 0 Å². The first-order chi connectivity index (χ1) is 9.31. The lowest BCUT2D eigenvalue weighted by atomic mass is 10.1. The predicted octanol–water partition coefficient (Wildman–Crippen LogP) is 3.08. The van der Waals surface area contributed by atoms with Gasteiger partial charge in [0.05, 0.1) is 23.3 Å². The maximum Gasteiger partial charge on any atom is 0.0991 e. The SMILES string of the molecule is N#Cc1ccc(CCNc2ccc(C#N)cc2)cc1. The second-order valence-corrected chi connectivity index (χ2v) is 4.17. The summed E-state index contributed by atoms with van der Waals surface area (Å²) in [5, 5.41) is 20.7. The smallest absolute Gasteiger partial charge is 0.0991 e. The van der Waals surface area contributed by atoms with Crippen molar-refractivity contribution in [3.8, 4) is 12.1 Å². The van der Waals surface area contributed by atoms with Crippen LogP contribution in [0, 0.1) is 22.7 Å². The second kappa shape index (κ2) is 6.23. The molecule has 3 nitrogen and oxygen atoms in total. The molecule has 2 aromatic rings. The van der Waals surface area contributed by atoms with Crippen LogP contribution in [-0.4, -0.2) is 6.54 Å². The lowest BCUT2D eigenvalue weighted by Crippen LogP contribution is -2.04. The molecule has 0 radical (unpaired) electrons. The van der Waals surface area contributed by atoms with Gasteiger partial charge in [0.2, 0.25) is 0 Å². The summed E-state index contributed by atoms with van der Waals surface area (Å²) in [4.78, 5) is 0. The molecule has 0 aliphatic heterocycles. The number of hydrogen-bond acceptors (Lipinski definition) is 3. The molecule has 0 fully saturated rings. The summed E-state index contributed by atoms with van der Waals surface area (Å²) in [6, 6.07) is 19.2. The molecule has 0 saturated carbocycles. The Balaban J connectivity index is 1.85. The molecule has 0 aliphatic carbocycles. The van der Waals surface area contributed by atoms with Gasteiger partial charge in [0.15, 0.2) is 0 Å². The molecule has 1 N–H and O–H groups in total. The van der Waals surface area contributed by atoms with Crippen LogP contribution in [-0.2, 0) is 6.42 Å². The molecule has 0 spiro atoms. The Hall–Kier alpha value is -2.78. The Kier molecular flexibility index (Phi) is 4.16. The highest BCUT2D eigenvalue weighted by molar-refractivity contribution is 5.47. The zero-order chi connectivity index (χ0) is 13.5. The first-order valence-electron chi connectivity index (χ1n) is 6.05. The molecule has 0 aromatic heterocycles. The van der Waals surface area contributed by atoms with Gasteiger partial charge in [-0.2, -0.15) is 10.5 Å². The van der Waals surface area contributed by atoms with Gasteiger partial charge in [-0.1, -0.05) is 12.1 Å². The molecule has 2 rings (SSSR count). The van der Waals surface area contributed by atoms with Crippen molar-refractivity contribution >= 4 is 5.69 Å². The van der Waals surface area contributed by atoms with Crippen molar-refractivity contribution in [2.45, 2.75) is 6.42 Å². The minimum atomic E-state index is 0.664. The van der Waals surface area contributed by atoms with Crippen molar-refractivity contribution < 1.29 is 0 Å². The molecule has 0 atom stereocenters. The molecule has 0 unspecified atom stereocenters. The van der Waals surface area contributed by atoms with E-state index in [0.29, 0.717) is 11.1 Å². The second-order valence-electron chi connectivity index (χ2n) is 4.17. The van der Waals surface area contributed by atoms with Crippen LogP contribution in [0.15, 0.2) is 48.5 Å². The lowest BCUT2D eigenvalue weighted by molar-refractivity contribution is 1.02. The molecule has 0 aliphatic rings. The van der Waals surface area contributed by atoms with E-state index in [0.717, 1.165) is 18.7 Å². The highest BCUT2D eigenvalue weighted by atomic mass is 14.9. The molecular formula is C16H13N3. The first-order valence-corrected chi connectivity index (χ1v) is 6.05. The van der Waals surface area contributed by atoms with E-state index >= 15 is 0 Å². The zero-order valence-corrected chi connectivity index (χ0v) is 10.4. The molecular weight excluding hydrogens is 234 g/mol. The Labute approximate surface area is 112 Å². The van der Waals surface area contributed by atoms with Gasteiger partial charge in [0, 0.05) is 12.2 Å². The van der Waals surface area contributed by atoms with Gasteiger partial charge in [-0.15, -0.1) is 0 Å². The van der Waals surface area contributed by atoms with E-state index in [1.54, 1.807) is 12.1 Å². The highest BCUT2D eigenvalue weighted by Crippen LogP contribution is 2.09. The predicted molar refractivity (Wildman–Crippen MR) is 74.5 cm³/mol. The third-order valence-electron chi connectivity index (χ3n) is 2.84. The molecule has 0 saturated heterocycles. The standard InChI is InChI=1S/C16H13N3/c17-11-14-3-1-13(2-4-14)9-10-19-16-7-5-15(12-18)6-8-16/h1-8,19H,9-10H2. The topological polar surface area (TPSA) is 59.6 Å². The molecule has 3 heteroatoms. The summed E-state index contributed by atoms with van der Waals surface area (Å²) in [5.41, 5.74) is 3.55. The third-order valence-corrected chi connectivity index (χ3v) is 2.84. The van der Waals surface area contributed by atoms with Crippen LogP contribution in [0.5, 0.6) is 0 Å². The van der Waals surface area contributed by atoms with Crippen LogP contribution in [0.4, 0.5) is 5.69 Å². The fraction of sp³-hybridized carbons (Fsp3) is 0.125. The minimum absolute atomic E-state index is 0.664. The average molecular weight is 247 g/mol.